The van der Waals surface area contributed by atoms with Crippen molar-refractivity contribution in [2.75, 3.05) is 11.5 Å². The van der Waals surface area contributed by atoms with Gasteiger partial charge in [0.15, 0.2) is 0 Å². The number of benzene rings is 1. The fraction of sp³-hybridized carbons (Fsp3) is 0.300. The van der Waals surface area contributed by atoms with Gasteiger partial charge in [-0.15, -0.1) is 11.8 Å². The molecule has 0 saturated heterocycles. The van der Waals surface area contributed by atoms with Crippen molar-refractivity contribution in [1.29, 1.82) is 0 Å². The Morgan fingerprint density at radius 1 is 1.27 bits per heavy atom. The predicted molar refractivity (Wildman–Crippen MR) is 55.0 cm³/mol. The van der Waals surface area contributed by atoms with Gasteiger partial charge >= 0.3 is 5.97 Å². The number of halogens is 2. The van der Waals surface area contributed by atoms with Crippen molar-refractivity contribution in [3.63, 3.8) is 0 Å². The van der Waals surface area contributed by atoms with Crippen LogP contribution in [0, 0.1) is 11.6 Å². The molecule has 0 fully saturated rings. The number of hydrogen-bond donors (Lipinski definition) is 1. The van der Waals surface area contributed by atoms with Crippen LogP contribution in [0.5, 0.6) is 0 Å². The third-order valence-electron chi connectivity index (χ3n) is 1.68. The Morgan fingerprint density at radius 2 is 1.87 bits per heavy atom. The number of thioether (sulfide) groups is 1. The van der Waals surface area contributed by atoms with Crippen LogP contribution >= 0.6 is 11.8 Å². The highest BCUT2D eigenvalue weighted by Crippen LogP contribution is 2.11. The topological polar surface area (TPSA) is 37.3 Å². The van der Waals surface area contributed by atoms with Crippen molar-refractivity contribution >= 4 is 17.7 Å². The number of carboxylic acids is 1. The zero-order valence-electron chi connectivity index (χ0n) is 7.87. The molecule has 0 aromatic heterocycles. The molecule has 0 spiro atoms. The molecule has 0 radical (unpaired) electrons. The van der Waals surface area contributed by atoms with E-state index in [1.54, 1.807) is 0 Å². The molecule has 0 aliphatic rings. The molecule has 0 saturated carbocycles. The molecule has 1 rings (SSSR count). The van der Waals surface area contributed by atoms with E-state index in [0.29, 0.717) is 17.7 Å². The molecule has 1 aromatic rings. The first-order valence-corrected chi connectivity index (χ1v) is 5.48. The summed E-state index contributed by atoms with van der Waals surface area (Å²) in [7, 11) is 0. The number of aliphatic carboxylic acids is 1. The van der Waals surface area contributed by atoms with Crippen LogP contribution in [-0.2, 0) is 11.2 Å². The van der Waals surface area contributed by atoms with Crippen LogP contribution in [0.3, 0.4) is 0 Å². The van der Waals surface area contributed by atoms with E-state index in [-0.39, 0.29) is 5.75 Å². The summed E-state index contributed by atoms with van der Waals surface area (Å²) in [5.74, 6) is -1.54. The fourth-order valence-electron chi connectivity index (χ4n) is 1.10. The normalized spacial score (nSPS) is 10.3. The Bertz CT molecular complexity index is 335. The smallest absolute Gasteiger partial charge is 0.313 e. The molecule has 0 atom stereocenters. The van der Waals surface area contributed by atoms with Gasteiger partial charge in [0.05, 0.1) is 5.75 Å². The number of rotatable bonds is 5. The van der Waals surface area contributed by atoms with Crippen molar-refractivity contribution in [3.8, 4) is 0 Å². The van der Waals surface area contributed by atoms with Gasteiger partial charge in [-0.05, 0) is 29.9 Å². The van der Waals surface area contributed by atoms with Gasteiger partial charge < -0.3 is 5.11 Å². The van der Waals surface area contributed by atoms with Gasteiger partial charge in [0.2, 0.25) is 0 Å². The van der Waals surface area contributed by atoms with Gasteiger partial charge in [0.1, 0.15) is 11.6 Å². The number of carboxylic acid groups (broad SMARTS) is 1. The van der Waals surface area contributed by atoms with Gasteiger partial charge in [-0.2, -0.15) is 0 Å². The van der Waals surface area contributed by atoms with Crippen LogP contribution < -0.4 is 0 Å². The molecular weight excluding hydrogens is 222 g/mol. The molecule has 1 N–H and O–H groups in total. The summed E-state index contributed by atoms with van der Waals surface area (Å²) < 4.78 is 25.4. The summed E-state index contributed by atoms with van der Waals surface area (Å²) in [6.45, 7) is 0. The van der Waals surface area contributed by atoms with Gasteiger partial charge in [-0.3, -0.25) is 4.79 Å². The molecule has 1 aromatic carbocycles. The molecule has 0 bridgehead atoms. The van der Waals surface area contributed by atoms with Crippen molar-refractivity contribution in [3.05, 3.63) is 35.4 Å². The Labute approximate surface area is 90.3 Å². The molecule has 5 heteroatoms. The van der Waals surface area contributed by atoms with Crippen LogP contribution in [0.2, 0.25) is 0 Å². The van der Waals surface area contributed by atoms with E-state index in [4.69, 9.17) is 5.11 Å². The minimum Gasteiger partial charge on any atom is -0.481 e. The lowest BCUT2D eigenvalue weighted by molar-refractivity contribution is -0.133. The van der Waals surface area contributed by atoms with Gasteiger partial charge in [0, 0.05) is 6.07 Å². The minimum atomic E-state index is -0.884. The lowest BCUT2D eigenvalue weighted by Crippen LogP contribution is -2.00. The van der Waals surface area contributed by atoms with Gasteiger partial charge in [-0.1, -0.05) is 0 Å². The quantitative estimate of drug-likeness (QED) is 0.792. The van der Waals surface area contributed by atoms with Crippen LogP contribution in [0.1, 0.15) is 5.56 Å². The second-order valence-electron chi connectivity index (χ2n) is 2.97. The molecule has 0 heterocycles. The minimum absolute atomic E-state index is 0.0117. The molecule has 0 amide bonds. The van der Waals surface area contributed by atoms with E-state index in [2.05, 4.69) is 0 Å². The van der Waals surface area contributed by atoms with E-state index in [0.717, 1.165) is 6.07 Å². The summed E-state index contributed by atoms with van der Waals surface area (Å²) >= 11 is 1.22. The number of hydrogen-bond acceptors (Lipinski definition) is 2. The van der Waals surface area contributed by atoms with Gasteiger partial charge in [0.25, 0.3) is 0 Å². The predicted octanol–water partition coefficient (Wildman–Crippen LogP) is 2.33. The van der Waals surface area contributed by atoms with E-state index < -0.39 is 17.6 Å². The Balaban J connectivity index is 2.40. The lowest BCUT2D eigenvalue weighted by atomic mass is 10.2. The highest BCUT2D eigenvalue weighted by molar-refractivity contribution is 7.99. The first-order chi connectivity index (χ1) is 7.08. The van der Waals surface area contributed by atoms with Crippen LogP contribution in [0.15, 0.2) is 18.2 Å². The third kappa shape index (κ3) is 4.78. The summed E-state index contributed by atoms with van der Waals surface area (Å²) in [5.41, 5.74) is 0.547. The molecule has 82 valence electrons. The van der Waals surface area contributed by atoms with Crippen molar-refractivity contribution < 1.29 is 18.7 Å². The van der Waals surface area contributed by atoms with Crippen molar-refractivity contribution in [1.82, 2.24) is 0 Å². The number of carbonyl (C=O) groups is 1. The monoisotopic (exact) mass is 232 g/mol. The maximum absolute atomic E-state index is 12.7. The van der Waals surface area contributed by atoms with E-state index in [1.165, 1.54) is 23.9 Å². The van der Waals surface area contributed by atoms with Gasteiger partial charge in [-0.25, -0.2) is 8.78 Å². The lowest BCUT2D eigenvalue weighted by Gasteiger charge is -2.01. The molecule has 0 unspecified atom stereocenters. The highest BCUT2D eigenvalue weighted by atomic mass is 32.2. The molecule has 0 aliphatic carbocycles. The zero-order chi connectivity index (χ0) is 11.3. The SMILES string of the molecule is O=C(O)CSCCc1cc(F)cc(F)c1. The second-order valence-corrected chi connectivity index (χ2v) is 4.08. The van der Waals surface area contributed by atoms with Crippen LogP contribution in [0.25, 0.3) is 0 Å². The molecule has 0 aliphatic heterocycles. The van der Waals surface area contributed by atoms with Crippen molar-refractivity contribution in [2.45, 2.75) is 6.42 Å². The zero-order valence-corrected chi connectivity index (χ0v) is 8.69. The second kappa shape index (κ2) is 5.70. The molecule has 15 heavy (non-hydrogen) atoms. The third-order valence-corrected chi connectivity index (χ3v) is 2.63. The maximum atomic E-state index is 12.7. The maximum Gasteiger partial charge on any atom is 0.313 e. The summed E-state index contributed by atoms with van der Waals surface area (Å²) in [6.07, 6.45) is 0.465. The van der Waals surface area contributed by atoms with Crippen LogP contribution in [-0.4, -0.2) is 22.6 Å². The van der Waals surface area contributed by atoms with E-state index >= 15 is 0 Å². The first-order valence-electron chi connectivity index (χ1n) is 4.32. The summed E-state index contributed by atoms with van der Waals surface area (Å²) in [5, 5.41) is 8.36. The van der Waals surface area contributed by atoms with E-state index in [9.17, 15) is 13.6 Å². The van der Waals surface area contributed by atoms with Crippen molar-refractivity contribution in [2.24, 2.45) is 0 Å². The van der Waals surface area contributed by atoms with E-state index in [1.807, 2.05) is 0 Å². The standard InChI is InChI=1S/C10H10F2O2S/c11-8-3-7(4-9(12)5-8)1-2-15-6-10(13)14/h3-5H,1-2,6H2,(H,13,14). The van der Waals surface area contributed by atoms with Crippen LogP contribution in [0.4, 0.5) is 8.78 Å². The Kier molecular flexibility index (Phi) is 4.55. The first kappa shape index (κ1) is 12.0. The molecular formula is C10H10F2O2S. The molecule has 2 nitrogen and oxygen atoms in total. The summed E-state index contributed by atoms with van der Waals surface area (Å²) in [6, 6.07) is 3.32. The average Bonchev–Trinajstić information content (AvgIpc) is 2.10. The fourth-order valence-corrected chi connectivity index (χ4v) is 1.80. The Hall–Kier alpha value is -1.10. The highest BCUT2D eigenvalue weighted by Gasteiger charge is 2.01. The largest absolute Gasteiger partial charge is 0.481 e. The Morgan fingerprint density at radius 3 is 2.40 bits per heavy atom. The number of aryl methyl sites for hydroxylation is 1. The summed E-state index contributed by atoms with van der Waals surface area (Å²) in [4.78, 5) is 10.2. The average molecular weight is 232 g/mol.